The van der Waals surface area contributed by atoms with Gasteiger partial charge in [0.05, 0.1) is 0 Å². The second-order valence-electron chi connectivity index (χ2n) is 3.99. The smallest absolute Gasteiger partial charge is 0.140 e. The molecule has 0 aromatic heterocycles. The first kappa shape index (κ1) is 12.9. The van der Waals surface area contributed by atoms with Crippen molar-refractivity contribution in [3.8, 4) is 0 Å². The van der Waals surface area contributed by atoms with Gasteiger partial charge in [0.2, 0.25) is 0 Å². The van der Waals surface area contributed by atoms with Crippen LogP contribution in [0.25, 0.3) is 0 Å². The number of rotatable bonds is 4. The zero-order chi connectivity index (χ0) is 12.1. The number of hydrogen-bond acceptors (Lipinski definition) is 3. The Hall–Kier alpha value is -1.16. The highest BCUT2D eigenvalue weighted by molar-refractivity contribution is 8.00. The van der Waals surface area contributed by atoms with E-state index in [1.807, 2.05) is 0 Å². The van der Waals surface area contributed by atoms with E-state index in [2.05, 4.69) is 44.1 Å². The van der Waals surface area contributed by atoms with Crippen LogP contribution in [0.2, 0.25) is 0 Å². The standard InChI is InChI=1S/C12H18N2OS/c1-8-4-5-9(2)11(6-8)16-10(3)7-12(13)14-15/h4-6,10,15H,7H2,1-3H3,(H2,13,14). The Labute approximate surface area is 101 Å². The van der Waals surface area contributed by atoms with Crippen molar-refractivity contribution in [1.82, 2.24) is 0 Å². The molecule has 1 rings (SSSR count). The molecule has 3 N–H and O–H groups in total. The minimum absolute atomic E-state index is 0.283. The lowest BCUT2D eigenvalue weighted by Gasteiger charge is -2.12. The normalized spacial score (nSPS) is 13.8. The molecule has 4 heteroatoms. The topological polar surface area (TPSA) is 58.6 Å². The Morgan fingerprint density at radius 1 is 1.50 bits per heavy atom. The quantitative estimate of drug-likeness (QED) is 0.279. The number of aryl methyl sites for hydroxylation is 2. The molecule has 0 fully saturated rings. The molecule has 0 aliphatic carbocycles. The van der Waals surface area contributed by atoms with Crippen molar-refractivity contribution in [2.24, 2.45) is 10.9 Å². The minimum atomic E-state index is 0.283. The zero-order valence-corrected chi connectivity index (χ0v) is 10.7. The van der Waals surface area contributed by atoms with Crippen molar-refractivity contribution in [3.05, 3.63) is 29.3 Å². The molecule has 1 unspecified atom stereocenters. The third-order valence-corrected chi connectivity index (χ3v) is 3.56. The summed E-state index contributed by atoms with van der Waals surface area (Å²) in [5.41, 5.74) is 8.00. The largest absolute Gasteiger partial charge is 0.409 e. The van der Waals surface area contributed by atoms with Gasteiger partial charge in [0.25, 0.3) is 0 Å². The lowest BCUT2D eigenvalue weighted by atomic mass is 10.2. The van der Waals surface area contributed by atoms with Gasteiger partial charge < -0.3 is 10.9 Å². The first-order valence-corrected chi connectivity index (χ1v) is 6.11. The molecule has 0 bridgehead atoms. The monoisotopic (exact) mass is 238 g/mol. The second kappa shape index (κ2) is 5.80. The van der Waals surface area contributed by atoms with Gasteiger partial charge in [-0.15, -0.1) is 11.8 Å². The zero-order valence-electron chi connectivity index (χ0n) is 9.90. The van der Waals surface area contributed by atoms with E-state index in [0.717, 1.165) is 0 Å². The lowest BCUT2D eigenvalue weighted by Crippen LogP contribution is -2.16. The van der Waals surface area contributed by atoms with Crippen LogP contribution in [0.1, 0.15) is 24.5 Å². The van der Waals surface area contributed by atoms with E-state index in [9.17, 15) is 0 Å². The molecule has 0 amide bonds. The third kappa shape index (κ3) is 3.77. The van der Waals surface area contributed by atoms with Gasteiger partial charge in [-0.25, -0.2) is 0 Å². The number of amidine groups is 1. The molecule has 88 valence electrons. The molecule has 1 atom stereocenters. The maximum Gasteiger partial charge on any atom is 0.140 e. The highest BCUT2D eigenvalue weighted by Crippen LogP contribution is 2.28. The van der Waals surface area contributed by atoms with Crippen LogP contribution in [0, 0.1) is 13.8 Å². The van der Waals surface area contributed by atoms with Crippen LogP contribution < -0.4 is 5.73 Å². The van der Waals surface area contributed by atoms with Crippen LogP contribution in [0.15, 0.2) is 28.3 Å². The molecule has 0 saturated carbocycles. The number of nitrogens with zero attached hydrogens (tertiary/aromatic N) is 1. The summed E-state index contributed by atoms with van der Waals surface area (Å²) in [6.45, 7) is 6.25. The minimum Gasteiger partial charge on any atom is -0.409 e. The van der Waals surface area contributed by atoms with Gasteiger partial charge in [-0.05, 0) is 25.5 Å². The van der Waals surface area contributed by atoms with E-state index in [-0.39, 0.29) is 5.84 Å². The molecule has 0 aliphatic rings. The van der Waals surface area contributed by atoms with Gasteiger partial charge in [0, 0.05) is 16.6 Å². The fraction of sp³-hybridized carbons (Fsp3) is 0.417. The summed E-state index contributed by atoms with van der Waals surface area (Å²) in [4.78, 5) is 1.26. The average Bonchev–Trinajstić information content (AvgIpc) is 2.23. The highest BCUT2D eigenvalue weighted by atomic mass is 32.2. The second-order valence-corrected chi connectivity index (χ2v) is 5.47. The Kier molecular flexibility index (Phi) is 4.68. The van der Waals surface area contributed by atoms with Crippen LogP contribution in [0.5, 0.6) is 0 Å². The van der Waals surface area contributed by atoms with Crippen molar-refractivity contribution in [2.45, 2.75) is 37.3 Å². The molecule has 1 aromatic rings. The van der Waals surface area contributed by atoms with Crippen LogP contribution in [-0.4, -0.2) is 16.3 Å². The molecule has 0 saturated heterocycles. The molecule has 1 aromatic carbocycles. The summed E-state index contributed by atoms with van der Waals surface area (Å²) in [7, 11) is 0. The van der Waals surface area contributed by atoms with E-state index >= 15 is 0 Å². The number of oxime groups is 1. The fourth-order valence-electron chi connectivity index (χ4n) is 1.43. The molecular formula is C12H18N2OS. The molecule has 0 radical (unpaired) electrons. The summed E-state index contributed by atoms with van der Waals surface area (Å²) >= 11 is 1.76. The Morgan fingerprint density at radius 2 is 2.19 bits per heavy atom. The van der Waals surface area contributed by atoms with E-state index < -0.39 is 0 Å². The van der Waals surface area contributed by atoms with Gasteiger partial charge in [0.1, 0.15) is 5.84 Å². The molecular weight excluding hydrogens is 220 g/mol. The van der Waals surface area contributed by atoms with Crippen LogP contribution in [0.3, 0.4) is 0 Å². The maximum absolute atomic E-state index is 8.50. The van der Waals surface area contributed by atoms with Gasteiger partial charge in [-0.2, -0.15) is 0 Å². The Balaban J connectivity index is 2.69. The Bertz CT molecular complexity index is 391. The van der Waals surface area contributed by atoms with E-state index in [4.69, 9.17) is 10.9 Å². The van der Waals surface area contributed by atoms with Crippen molar-refractivity contribution in [2.75, 3.05) is 0 Å². The van der Waals surface area contributed by atoms with Crippen molar-refractivity contribution in [1.29, 1.82) is 0 Å². The first-order valence-electron chi connectivity index (χ1n) is 5.23. The third-order valence-electron chi connectivity index (χ3n) is 2.30. The van der Waals surface area contributed by atoms with Gasteiger partial charge in [-0.3, -0.25) is 0 Å². The van der Waals surface area contributed by atoms with Crippen LogP contribution >= 0.6 is 11.8 Å². The van der Waals surface area contributed by atoms with Crippen molar-refractivity contribution >= 4 is 17.6 Å². The number of thioether (sulfide) groups is 1. The van der Waals surface area contributed by atoms with Crippen molar-refractivity contribution in [3.63, 3.8) is 0 Å². The predicted molar refractivity (Wildman–Crippen MR) is 69.3 cm³/mol. The van der Waals surface area contributed by atoms with Crippen LogP contribution in [0.4, 0.5) is 0 Å². The summed E-state index contributed by atoms with van der Waals surface area (Å²) < 4.78 is 0. The average molecular weight is 238 g/mol. The summed E-state index contributed by atoms with van der Waals surface area (Å²) in [5.74, 6) is 0.283. The van der Waals surface area contributed by atoms with Gasteiger partial charge in [-0.1, -0.05) is 29.8 Å². The first-order chi connectivity index (χ1) is 7.52. The lowest BCUT2D eigenvalue weighted by molar-refractivity contribution is 0.317. The Morgan fingerprint density at radius 3 is 2.81 bits per heavy atom. The summed E-state index contributed by atoms with van der Waals surface area (Å²) in [6.07, 6.45) is 0.592. The van der Waals surface area contributed by atoms with E-state index in [1.165, 1.54) is 16.0 Å². The number of benzene rings is 1. The molecule has 3 nitrogen and oxygen atoms in total. The molecule has 16 heavy (non-hydrogen) atoms. The predicted octanol–water partition coefficient (Wildman–Crippen LogP) is 2.92. The molecule has 0 heterocycles. The maximum atomic E-state index is 8.50. The van der Waals surface area contributed by atoms with E-state index in [0.29, 0.717) is 11.7 Å². The summed E-state index contributed by atoms with van der Waals surface area (Å²) in [6, 6.07) is 6.39. The van der Waals surface area contributed by atoms with Crippen LogP contribution in [-0.2, 0) is 0 Å². The molecule has 0 aliphatic heterocycles. The van der Waals surface area contributed by atoms with Gasteiger partial charge >= 0.3 is 0 Å². The SMILES string of the molecule is Cc1ccc(C)c(SC(C)CC(N)=NO)c1. The highest BCUT2D eigenvalue weighted by Gasteiger charge is 2.09. The molecule has 0 spiro atoms. The van der Waals surface area contributed by atoms with Gasteiger partial charge in [0.15, 0.2) is 0 Å². The fourth-order valence-corrected chi connectivity index (χ4v) is 2.62. The van der Waals surface area contributed by atoms with Crippen molar-refractivity contribution < 1.29 is 5.21 Å². The number of nitrogens with two attached hydrogens (primary N) is 1. The van der Waals surface area contributed by atoms with E-state index in [1.54, 1.807) is 11.8 Å². The summed E-state index contributed by atoms with van der Waals surface area (Å²) in [5, 5.41) is 11.8. The number of hydrogen-bond donors (Lipinski definition) is 2.